The summed E-state index contributed by atoms with van der Waals surface area (Å²) in [6.07, 6.45) is 0.234. The molecule has 0 saturated carbocycles. The molecular formula is C14H10FN3O3. The van der Waals surface area contributed by atoms with Crippen LogP contribution in [0, 0.1) is 22.9 Å². The van der Waals surface area contributed by atoms with Gasteiger partial charge in [0.1, 0.15) is 11.3 Å². The first-order chi connectivity index (χ1) is 10.0. The van der Waals surface area contributed by atoms with Gasteiger partial charge in [-0.25, -0.2) is 9.02 Å². The second-order valence-electron chi connectivity index (χ2n) is 4.78. The van der Waals surface area contributed by atoms with Gasteiger partial charge in [0.25, 0.3) is 0 Å². The number of aromatic nitrogens is 2. The van der Waals surface area contributed by atoms with Crippen LogP contribution in [0.25, 0.3) is 11.0 Å². The maximum Gasteiger partial charge on any atom is 0.304 e. The summed E-state index contributed by atoms with van der Waals surface area (Å²) in [5.74, 6) is -0.364. The van der Waals surface area contributed by atoms with Crippen molar-refractivity contribution in [2.24, 2.45) is 0 Å². The molecule has 0 radical (unpaired) electrons. The molecule has 0 spiro atoms. The van der Waals surface area contributed by atoms with Gasteiger partial charge < -0.3 is 0 Å². The van der Waals surface area contributed by atoms with Gasteiger partial charge in [-0.15, -0.1) is 0 Å². The first-order valence-electron chi connectivity index (χ1n) is 6.19. The minimum Gasteiger partial charge on any atom is -0.258 e. The minimum atomic E-state index is -0.520. The minimum absolute atomic E-state index is 0.102. The summed E-state index contributed by atoms with van der Waals surface area (Å²) < 4.78 is 18.0. The Morgan fingerprint density at radius 3 is 2.81 bits per heavy atom. The molecule has 6 nitrogen and oxygen atoms in total. The van der Waals surface area contributed by atoms with E-state index in [0.29, 0.717) is 16.6 Å². The molecule has 0 amide bonds. The molecule has 3 rings (SSSR count). The van der Waals surface area contributed by atoms with Gasteiger partial charge in [-0.3, -0.25) is 10.1 Å². The van der Waals surface area contributed by atoms with Gasteiger partial charge >= 0.3 is 5.69 Å². The topological polar surface area (TPSA) is 82.1 Å². The Balaban J connectivity index is 2.11. The van der Waals surface area contributed by atoms with Crippen molar-refractivity contribution in [2.45, 2.75) is 13.3 Å². The lowest BCUT2D eigenvalue weighted by Crippen LogP contribution is -1.99. The fourth-order valence-corrected chi connectivity index (χ4v) is 2.36. The summed E-state index contributed by atoms with van der Waals surface area (Å²) in [6.45, 7) is 1.77. The Bertz CT molecular complexity index is 824. The number of nitro groups is 1. The van der Waals surface area contributed by atoms with Gasteiger partial charge in [-0.2, -0.15) is 0 Å². The highest BCUT2D eigenvalue weighted by atomic mass is 19.1. The number of aryl methyl sites for hydroxylation is 1. The van der Waals surface area contributed by atoms with E-state index in [9.17, 15) is 14.5 Å². The molecule has 0 aliphatic rings. The van der Waals surface area contributed by atoms with E-state index in [1.54, 1.807) is 25.1 Å². The van der Waals surface area contributed by atoms with Crippen molar-refractivity contribution in [2.75, 3.05) is 0 Å². The Morgan fingerprint density at radius 1 is 1.29 bits per heavy atom. The molecule has 2 aromatic carbocycles. The Kier molecular flexibility index (Phi) is 3.09. The van der Waals surface area contributed by atoms with Gasteiger partial charge in [-0.1, -0.05) is 6.07 Å². The van der Waals surface area contributed by atoms with Crippen LogP contribution in [0.4, 0.5) is 10.1 Å². The Labute approximate surface area is 118 Å². The summed E-state index contributed by atoms with van der Waals surface area (Å²) in [5, 5.41) is 18.4. The quantitative estimate of drug-likeness (QED) is 0.546. The molecular weight excluding hydrogens is 277 g/mol. The third-order valence-electron chi connectivity index (χ3n) is 3.16. The van der Waals surface area contributed by atoms with Crippen LogP contribution in [-0.2, 0) is 6.42 Å². The molecule has 0 atom stereocenters. The molecule has 0 unspecified atom stereocenters. The molecule has 1 aromatic heterocycles. The summed E-state index contributed by atoms with van der Waals surface area (Å²) in [4.78, 5) is 10.8. The van der Waals surface area contributed by atoms with Crippen molar-refractivity contribution >= 4 is 16.7 Å². The zero-order valence-corrected chi connectivity index (χ0v) is 11.0. The van der Waals surface area contributed by atoms with Crippen LogP contribution in [0.5, 0.6) is 0 Å². The standard InChI is InChI=1S/C14H10FN3O3/c1-8-4-9(7-11(15)5-8)6-10-2-3-12-13(17-21-16-12)14(10)18(19)20/h2-5,7H,6H2,1H3. The average Bonchev–Trinajstić information content (AvgIpc) is 2.84. The van der Waals surface area contributed by atoms with Gasteiger partial charge in [-0.05, 0) is 52.6 Å². The Hall–Kier alpha value is -2.83. The zero-order chi connectivity index (χ0) is 15.0. The molecule has 0 aliphatic heterocycles. The SMILES string of the molecule is Cc1cc(F)cc(Cc2ccc3nonc3c2[N+](=O)[O-])c1. The predicted octanol–water partition coefficient (Wildman–Crippen LogP) is 3.17. The molecule has 3 aromatic rings. The molecule has 21 heavy (non-hydrogen) atoms. The van der Waals surface area contributed by atoms with Crippen molar-refractivity contribution in [3.8, 4) is 0 Å². The third kappa shape index (κ3) is 2.45. The summed E-state index contributed by atoms with van der Waals surface area (Å²) in [5.41, 5.74) is 2.12. The monoisotopic (exact) mass is 287 g/mol. The normalized spacial score (nSPS) is 11.0. The van der Waals surface area contributed by atoms with E-state index in [2.05, 4.69) is 14.9 Å². The highest BCUT2D eigenvalue weighted by Crippen LogP contribution is 2.29. The van der Waals surface area contributed by atoms with Crippen molar-refractivity contribution < 1.29 is 13.9 Å². The predicted molar refractivity (Wildman–Crippen MR) is 72.4 cm³/mol. The van der Waals surface area contributed by atoms with Crippen molar-refractivity contribution in [3.63, 3.8) is 0 Å². The summed E-state index contributed by atoms with van der Waals surface area (Å²) in [6, 6.07) is 7.74. The van der Waals surface area contributed by atoms with Crippen LogP contribution >= 0.6 is 0 Å². The van der Waals surface area contributed by atoms with E-state index in [1.807, 2.05) is 0 Å². The van der Waals surface area contributed by atoms with Crippen molar-refractivity contribution in [1.29, 1.82) is 0 Å². The van der Waals surface area contributed by atoms with Gasteiger partial charge in [0.15, 0.2) is 0 Å². The average molecular weight is 287 g/mol. The fraction of sp³-hybridized carbons (Fsp3) is 0.143. The number of hydrogen-bond donors (Lipinski definition) is 0. The third-order valence-corrected chi connectivity index (χ3v) is 3.16. The zero-order valence-electron chi connectivity index (χ0n) is 11.0. The van der Waals surface area contributed by atoms with Crippen LogP contribution in [0.2, 0.25) is 0 Å². The first kappa shape index (κ1) is 13.2. The number of benzene rings is 2. The largest absolute Gasteiger partial charge is 0.304 e. The molecule has 0 saturated heterocycles. The van der Waals surface area contributed by atoms with Gasteiger partial charge in [0.2, 0.25) is 5.52 Å². The van der Waals surface area contributed by atoms with Gasteiger partial charge in [0, 0.05) is 12.0 Å². The second-order valence-corrected chi connectivity index (χ2v) is 4.78. The number of nitrogens with zero attached hydrogens (tertiary/aromatic N) is 3. The highest BCUT2D eigenvalue weighted by molar-refractivity contribution is 5.85. The lowest BCUT2D eigenvalue weighted by atomic mass is 10.0. The summed E-state index contributed by atoms with van der Waals surface area (Å²) >= 11 is 0. The Morgan fingerprint density at radius 2 is 2.10 bits per heavy atom. The van der Waals surface area contributed by atoms with E-state index in [0.717, 1.165) is 5.56 Å². The molecule has 7 heteroatoms. The molecule has 0 aliphatic carbocycles. The van der Waals surface area contributed by atoms with E-state index in [-0.39, 0.29) is 23.4 Å². The van der Waals surface area contributed by atoms with E-state index >= 15 is 0 Å². The molecule has 0 bridgehead atoms. The van der Waals surface area contributed by atoms with Crippen LogP contribution in [-0.4, -0.2) is 15.2 Å². The fourth-order valence-electron chi connectivity index (χ4n) is 2.36. The van der Waals surface area contributed by atoms with E-state index < -0.39 is 4.92 Å². The van der Waals surface area contributed by atoms with E-state index in [4.69, 9.17) is 0 Å². The highest BCUT2D eigenvalue weighted by Gasteiger charge is 2.22. The number of nitro benzene ring substituents is 1. The lowest BCUT2D eigenvalue weighted by molar-refractivity contribution is -0.383. The number of fused-ring (bicyclic) bond motifs is 1. The summed E-state index contributed by atoms with van der Waals surface area (Å²) in [7, 11) is 0. The maximum atomic E-state index is 13.4. The van der Waals surface area contributed by atoms with Crippen molar-refractivity contribution in [1.82, 2.24) is 10.3 Å². The second kappa shape index (κ2) is 4.93. The first-order valence-corrected chi connectivity index (χ1v) is 6.19. The van der Waals surface area contributed by atoms with Gasteiger partial charge in [0.05, 0.1) is 4.92 Å². The van der Waals surface area contributed by atoms with Crippen LogP contribution in [0.1, 0.15) is 16.7 Å². The van der Waals surface area contributed by atoms with Crippen molar-refractivity contribution in [3.05, 3.63) is 63.0 Å². The molecule has 0 N–H and O–H groups in total. The number of hydrogen-bond acceptors (Lipinski definition) is 5. The molecule has 0 fully saturated rings. The number of halogens is 1. The maximum absolute atomic E-state index is 13.4. The molecule has 1 heterocycles. The van der Waals surface area contributed by atoms with Crippen LogP contribution < -0.4 is 0 Å². The molecule has 106 valence electrons. The van der Waals surface area contributed by atoms with Crippen LogP contribution in [0.3, 0.4) is 0 Å². The number of rotatable bonds is 3. The van der Waals surface area contributed by atoms with E-state index in [1.165, 1.54) is 12.1 Å². The smallest absolute Gasteiger partial charge is 0.258 e. The van der Waals surface area contributed by atoms with Crippen LogP contribution in [0.15, 0.2) is 35.0 Å². The lowest BCUT2D eigenvalue weighted by Gasteiger charge is -2.05.